The van der Waals surface area contributed by atoms with Gasteiger partial charge in [-0.1, -0.05) is 18.0 Å². The topological polar surface area (TPSA) is 65.5 Å². The molecule has 0 atom stereocenters. The van der Waals surface area contributed by atoms with Gasteiger partial charge in [-0.05, 0) is 18.9 Å². The predicted octanol–water partition coefficient (Wildman–Crippen LogP) is 2.25. The van der Waals surface area contributed by atoms with Crippen LogP contribution in [0.5, 0.6) is 0 Å². The summed E-state index contributed by atoms with van der Waals surface area (Å²) >= 11 is 5.99. The summed E-state index contributed by atoms with van der Waals surface area (Å²) in [5, 5.41) is 11.1. The quantitative estimate of drug-likeness (QED) is 0.867. The first-order valence-corrected chi connectivity index (χ1v) is 5.95. The number of aromatic carboxylic acids is 1. The number of anilines is 1. The lowest BCUT2D eigenvalue weighted by molar-refractivity contribution is 0.0697. The van der Waals surface area contributed by atoms with E-state index in [0.717, 1.165) is 25.9 Å². The molecule has 2 rings (SSSR count). The van der Waals surface area contributed by atoms with Gasteiger partial charge in [-0.15, -0.1) is 0 Å². The van der Waals surface area contributed by atoms with Gasteiger partial charge in [0.25, 0.3) is 0 Å². The number of hydrazine groups is 1. The Kier molecular flexibility index (Phi) is 3.81. The van der Waals surface area contributed by atoms with Gasteiger partial charge in [0.15, 0.2) is 5.82 Å². The molecule has 1 fully saturated rings. The monoisotopic (exact) mass is 255 g/mol. The molecule has 2 N–H and O–H groups in total. The van der Waals surface area contributed by atoms with Gasteiger partial charge < -0.3 is 10.5 Å². The first-order chi connectivity index (χ1) is 8.18. The maximum Gasteiger partial charge on any atom is 0.337 e. The zero-order chi connectivity index (χ0) is 12.3. The van der Waals surface area contributed by atoms with Crippen LogP contribution in [0, 0.1) is 0 Å². The zero-order valence-corrected chi connectivity index (χ0v) is 10.1. The molecule has 92 valence electrons. The van der Waals surface area contributed by atoms with E-state index in [1.54, 1.807) is 0 Å². The van der Waals surface area contributed by atoms with Crippen LogP contribution in [0.2, 0.25) is 5.02 Å². The summed E-state index contributed by atoms with van der Waals surface area (Å²) < 4.78 is 0. The number of carbonyl (C=O) groups is 1. The second-order valence-corrected chi connectivity index (χ2v) is 4.36. The van der Waals surface area contributed by atoms with Crippen molar-refractivity contribution < 1.29 is 9.90 Å². The lowest BCUT2D eigenvalue weighted by Crippen LogP contribution is -2.35. The summed E-state index contributed by atoms with van der Waals surface area (Å²) in [6.45, 7) is 1.85. The third-order valence-corrected chi connectivity index (χ3v) is 3.12. The largest absolute Gasteiger partial charge is 0.478 e. The molecule has 1 aromatic heterocycles. The lowest BCUT2D eigenvalue weighted by atomic mass is 10.2. The summed E-state index contributed by atoms with van der Waals surface area (Å²) in [5.41, 5.74) is 3.14. The molecule has 1 saturated heterocycles. The van der Waals surface area contributed by atoms with E-state index >= 15 is 0 Å². The van der Waals surface area contributed by atoms with Crippen molar-refractivity contribution in [1.82, 2.24) is 9.99 Å². The SMILES string of the molecule is O=C(O)c1ccnc(NN2CCCCC2)c1Cl. The van der Waals surface area contributed by atoms with Gasteiger partial charge in [-0.2, -0.15) is 0 Å². The van der Waals surface area contributed by atoms with Gasteiger partial charge in [0.2, 0.25) is 0 Å². The van der Waals surface area contributed by atoms with E-state index < -0.39 is 5.97 Å². The molecule has 0 aromatic carbocycles. The Morgan fingerprint density at radius 1 is 1.41 bits per heavy atom. The van der Waals surface area contributed by atoms with Crippen molar-refractivity contribution in [3.8, 4) is 0 Å². The van der Waals surface area contributed by atoms with E-state index in [9.17, 15) is 4.79 Å². The van der Waals surface area contributed by atoms with Crippen molar-refractivity contribution in [3.63, 3.8) is 0 Å². The number of nitrogens with zero attached hydrogens (tertiary/aromatic N) is 2. The summed E-state index contributed by atoms with van der Waals surface area (Å²) in [7, 11) is 0. The molecule has 0 radical (unpaired) electrons. The van der Waals surface area contributed by atoms with E-state index in [4.69, 9.17) is 16.7 Å². The Morgan fingerprint density at radius 3 is 2.76 bits per heavy atom. The van der Waals surface area contributed by atoms with Crippen LogP contribution in [-0.4, -0.2) is 34.2 Å². The van der Waals surface area contributed by atoms with E-state index in [1.807, 2.05) is 5.01 Å². The van der Waals surface area contributed by atoms with Gasteiger partial charge in [-0.25, -0.2) is 14.8 Å². The van der Waals surface area contributed by atoms with Crippen molar-refractivity contribution in [1.29, 1.82) is 0 Å². The van der Waals surface area contributed by atoms with Crippen molar-refractivity contribution in [2.75, 3.05) is 18.5 Å². The van der Waals surface area contributed by atoms with Crippen molar-refractivity contribution in [2.24, 2.45) is 0 Å². The van der Waals surface area contributed by atoms with Gasteiger partial charge in [-0.3, -0.25) is 0 Å². The van der Waals surface area contributed by atoms with E-state index in [1.165, 1.54) is 18.7 Å². The van der Waals surface area contributed by atoms with E-state index in [2.05, 4.69) is 10.4 Å². The fourth-order valence-corrected chi connectivity index (χ4v) is 2.08. The fourth-order valence-electron chi connectivity index (χ4n) is 1.84. The smallest absolute Gasteiger partial charge is 0.337 e. The Bertz CT molecular complexity index is 419. The number of aromatic nitrogens is 1. The molecule has 0 spiro atoms. The van der Waals surface area contributed by atoms with E-state index in [-0.39, 0.29) is 10.6 Å². The lowest BCUT2D eigenvalue weighted by Gasteiger charge is -2.27. The minimum atomic E-state index is -1.04. The van der Waals surface area contributed by atoms with Crippen LogP contribution in [0.25, 0.3) is 0 Å². The highest BCUT2D eigenvalue weighted by Crippen LogP contribution is 2.24. The third kappa shape index (κ3) is 2.87. The van der Waals surface area contributed by atoms with Crippen LogP contribution < -0.4 is 5.43 Å². The van der Waals surface area contributed by atoms with Crippen LogP contribution in [-0.2, 0) is 0 Å². The Morgan fingerprint density at radius 2 is 2.12 bits per heavy atom. The molecule has 0 amide bonds. The Balaban J connectivity index is 2.15. The van der Waals surface area contributed by atoms with Gasteiger partial charge in [0.05, 0.1) is 10.6 Å². The van der Waals surface area contributed by atoms with Crippen LogP contribution in [0.1, 0.15) is 29.6 Å². The molecule has 0 saturated carbocycles. The number of hydrogen-bond donors (Lipinski definition) is 2. The molecule has 0 aliphatic carbocycles. The van der Waals surface area contributed by atoms with Gasteiger partial charge >= 0.3 is 5.97 Å². The molecule has 0 bridgehead atoms. The number of nitrogens with one attached hydrogen (secondary N) is 1. The highest BCUT2D eigenvalue weighted by atomic mass is 35.5. The molecule has 1 aliphatic rings. The fraction of sp³-hybridized carbons (Fsp3) is 0.455. The number of pyridine rings is 1. The Labute approximate surface area is 104 Å². The average molecular weight is 256 g/mol. The average Bonchev–Trinajstić information content (AvgIpc) is 2.33. The number of halogens is 1. The minimum absolute atomic E-state index is 0.0705. The van der Waals surface area contributed by atoms with Crippen molar-refractivity contribution in [2.45, 2.75) is 19.3 Å². The minimum Gasteiger partial charge on any atom is -0.478 e. The van der Waals surface area contributed by atoms with Crippen LogP contribution in [0.3, 0.4) is 0 Å². The first-order valence-electron chi connectivity index (χ1n) is 5.58. The van der Waals surface area contributed by atoms with Crippen LogP contribution in [0.4, 0.5) is 5.82 Å². The van der Waals surface area contributed by atoms with Gasteiger partial charge in [0.1, 0.15) is 0 Å². The molecular weight excluding hydrogens is 242 g/mol. The highest BCUT2D eigenvalue weighted by Gasteiger charge is 2.16. The molecule has 0 unspecified atom stereocenters. The predicted molar refractivity (Wildman–Crippen MR) is 65.3 cm³/mol. The number of rotatable bonds is 3. The van der Waals surface area contributed by atoms with Gasteiger partial charge in [0, 0.05) is 19.3 Å². The maximum atomic E-state index is 10.9. The van der Waals surface area contributed by atoms with Crippen LogP contribution >= 0.6 is 11.6 Å². The highest BCUT2D eigenvalue weighted by molar-refractivity contribution is 6.35. The summed E-state index contributed by atoms with van der Waals surface area (Å²) in [5.74, 6) is -0.632. The van der Waals surface area contributed by atoms with E-state index in [0.29, 0.717) is 5.82 Å². The Hall–Kier alpha value is -1.33. The molecule has 6 heteroatoms. The molecule has 1 aromatic rings. The summed E-state index contributed by atoms with van der Waals surface area (Å²) in [6, 6.07) is 1.39. The zero-order valence-electron chi connectivity index (χ0n) is 9.32. The number of piperidine rings is 1. The first kappa shape index (κ1) is 12.1. The molecule has 1 aliphatic heterocycles. The summed E-state index contributed by atoms with van der Waals surface area (Å²) in [6.07, 6.45) is 4.93. The molecular formula is C11H14ClN3O2. The number of hydrogen-bond acceptors (Lipinski definition) is 4. The van der Waals surface area contributed by atoms with Crippen molar-refractivity contribution in [3.05, 3.63) is 22.8 Å². The second kappa shape index (κ2) is 5.33. The normalized spacial score (nSPS) is 16.8. The third-order valence-electron chi connectivity index (χ3n) is 2.74. The maximum absolute atomic E-state index is 10.9. The van der Waals surface area contributed by atoms with Crippen LogP contribution in [0.15, 0.2) is 12.3 Å². The standard InChI is InChI=1S/C11H14ClN3O2/c12-9-8(11(16)17)4-5-13-10(9)14-15-6-2-1-3-7-15/h4-5H,1-3,6-7H2,(H,13,14)(H,16,17). The number of carboxylic acid groups (broad SMARTS) is 1. The summed E-state index contributed by atoms with van der Waals surface area (Å²) in [4.78, 5) is 15.0. The van der Waals surface area contributed by atoms with Crippen molar-refractivity contribution >= 4 is 23.4 Å². The second-order valence-electron chi connectivity index (χ2n) is 3.99. The molecule has 5 nitrogen and oxygen atoms in total. The molecule has 2 heterocycles. The molecule has 17 heavy (non-hydrogen) atoms. The number of carboxylic acids is 1.